The molecule has 18 heavy (non-hydrogen) atoms. The lowest BCUT2D eigenvalue weighted by Gasteiger charge is -2.21. The number of fused-ring (bicyclic) bond motifs is 1. The zero-order chi connectivity index (χ0) is 13.1. The summed E-state index contributed by atoms with van der Waals surface area (Å²) in [6.45, 7) is 4.05. The average molecular weight is 245 g/mol. The molecule has 0 radical (unpaired) electrons. The molecular formula is C15H19NO2. The van der Waals surface area contributed by atoms with Crippen LogP contribution in [0.2, 0.25) is 0 Å². The van der Waals surface area contributed by atoms with E-state index < -0.39 is 12.0 Å². The molecule has 0 amide bonds. The Morgan fingerprint density at radius 3 is 2.83 bits per heavy atom. The summed E-state index contributed by atoms with van der Waals surface area (Å²) in [6, 6.07) is 7.69. The summed E-state index contributed by atoms with van der Waals surface area (Å²) in [5, 5.41) is 12.5. The summed E-state index contributed by atoms with van der Waals surface area (Å²) in [5.74, 6) is -0.769. The van der Waals surface area contributed by atoms with Crippen molar-refractivity contribution < 1.29 is 9.90 Å². The predicted octanol–water partition coefficient (Wildman–Crippen LogP) is 2.99. The highest BCUT2D eigenvalue weighted by molar-refractivity contribution is 5.74. The minimum atomic E-state index is -0.769. The summed E-state index contributed by atoms with van der Waals surface area (Å²) in [4.78, 5) is 11.2. The molecular weight excluding hydrogens is 226 g/mol. The Kier molecular flexibility index (Phi) is 3.82. The Bertz CT molecular complexity index is 479. The lowest BCUT2D eigenvalue weighted by Crippen LogP contribution is -2.39. The molecule has 0 aromatic heterocycles. The first-order valence-electron chi connectivity index (χ1n) is 6.39. The van der Waals surface area contributed by atoms with Crippen LogP contribution in [0.3, 0.4) is 0 Å². The number of rotatable bonds is 5. The molecule has 0 heterocycles. The zero-order valence-corrected chi connectivity index (χ0v) is 10.8. The van der Waals surface area contributed by atoms with Crippen LogP contribution in [-0.4, -0.2) is 17.1 Å². The smallest absolute Gasteiger partial charge is 0.320 e. The van der Waals surface area contributed by atoms with E-state index in [-0.39, 0.29) is 6.04 Å². The number of carboxylic acid groups (broad SMARTS) is 1. The van der Waals surface area contributed by atoms with E-state index in [0.29, 0.717) is 6.42 Å². The highest BCUT2D eigenvalue weighted by Crippen LogP contribution is 2.34. The monoisotopic (exact) mass is 245 g/mol. The second-order valence-corrected chi connectivity index (χ2v) is 4.80. The van der Waals surface area contributed by atoms with Gasteiger partial charge in [0.1, 0.15) is 6.04 Å². The molecule has 1 aromatic rings. The van der Waals surface area contributed by atoms with Gasteiger partial charge in [-0.2, -0.15) is 0 Å². The van der Waals surface area contributed by atoms with E-state index in [1.54, 1.807) is 0 Å². The predicted molar refractivity (Wildman–Crippen MR) is 72.3 cm³/mol. The molecule has 0 bridgehead atoms. The van der Waals surface area contributed by atoms with E-state index in [1.165, 1.54) is 16.7 Å². The molecule has 96 valence electrons. The second kappa shape index (κ2) is 5.36. The number of aliphatic carboxylic acids is 1. The number of hydrogen-bond donors (Lipinski definition) is 2. The van der Waals surface area contributed by atoms with Crippen molar-refractivity contribution in [2.75, 3.05) is 0 Å². The van der Waals surface area contributed by atoms with Crippen LogP contribution >= 0.6 is 0 Å². The molecule has 1 aromatic carbocycles. The second-order valence-electron chi connectivity index (χ2n) is 4.80. The van der Waals surface area contributed by atoms with Crippen LogP contribution in [0.4, 0.5) is 0 Å². The lowest BCUT2D eigenvalue weighted by molar-refractivity contribution is -0.139. The molecule has 2 N–H and O–H groups in total. The summed E-state index contributed by atoms with van der Waals surface area (Å²) in [6.07, 6.45) is 3.64. The third-order valence-corrected chi connectivity index (χ3v) is 3.39. The molecule has 0 saturated carbocycles. The number of carbonyl (C=O) groups is 1. The van der Waals surface area contributed by atoms with Crippen molar-refractivity contribution in [1.82, 2.24) is 5.32 Å². The molecule has 3 heteroatoms. The van der Waals surface area contributed by atoms with Gasteiger partial charge in [0.15, 0.2) is 0 Å². The van der Waals surface area contributed by atoms with Gasteiger partial charge < -0.3 is 5.11 Å². The standard InChI is InChI=1S/C15H19NO2/c1-3-6-13(15(17)18)16-14-10(2)9-11-7-4-5-8-12(11)14/h4-5,7-9,13-14,16H,3,6H2,1-2H3,(H,17,18)/t13-,14+/m0/s1. The molecule has 0 aliphatic heterocycles. The zero-order valence-electron chi connectivity index (χ0n) is 10.8. The van der Waals surface area contributed by atoms with Gasteiger partial charge in [0.2, 0.25) is 0 Å². The Morgan fingerprint density at radius 1 is 1.44 bits per heavy atom. The minimum Gasteiger partial charge on any atom is -0.480 e. The number of carboxylic acids is 1. The quantitative estimate of drug-likeness (QED) is 0.838. The fourth-order valence-electron chi connectivity index (χ4n) is 2.47. The van der Waals surface area contributed by atoms with Crippen LogP contribution < -0.4 is 5.32 Å². The molecule has 0 fully saturated rings. The third-order valence-electron chi connectivity index (χ3n) is 3.39. The van der Waals surface area contributed by atoms with Crippen LogP contribution in [0.15, 0.2) is 29.8 Å². The van der Waals surface area contributed by atoms with Crippen LogP contribution in [0.5, 0.6) is 0 Å². The summed E-state index contributed by atoms with van der Waals surface area (Å²) in [5.41, 5.74) is 3.55. The minimum absolute atomic E-state index is 0.0360. The first kappa shape index (κ1) is 12.8. The van der Waals surface area contributed by atoms with Crippen LogP contribution in [0.25, 0.3) is 6.08 Å². The molecule has 0 spiro atoms. The average Bonchev–Trinajstić information content (AvgIpc) is 2.65. The fraction of sp³-hybridized carbons (Fsp3) is 0.400. The highest BCUT2D eigenvalue weighted by Gasteiger charge is 2.27. The van der Waals surface area contributed by atoms with Gasteiger partial charge in [0.05, 0.1) is 6.04 Å². The first-order chi connectivity index (χ1) is 8.63. The van der Waals surface area contributed by atoms with Crippen LogP contribution in [0, 0.1) is 0 Å². The van der Waals surface area contributed by atoms with Crippen molar-refractivity contribution >= 4 is 12.0 Å². The number of hydrogen-bond acceptors (Lipinski definition) is 2. The third kappa shape index (κ3) is 2.46. The van der Waals surface area contributed by atoms with Crippen molar-refractivity contribution in [2.24, 2.45) is 0 Å². The number of benzene rings is 1. The Hall–Kier alpha value is -1.61. The highest BCUT2D eigenvalue weighted by atomic mass is 16.4. The van der Waals surface area contributed by atoms with Gasteiger partial charge >= 0.3 is 5.97 Å². The van der Waals surface area contributed by atoms with Gasteiger partial charge in [-0.05, 0) is 24.5 Å². The maximum atomic E-state index is 11.2. The van der Waals surface area contributed by atoms with Crippen molar-refractivity contribution in [3.05, 3.63) is 41.0 Å². The Morgan fingerprint density at radius 2 is 2.17 bits per heavy atom. The Balaban J connectivity index is 2.19. The molecule has 1 aliphatic rings. The van der Waals surface area contributed by atoms with Gasteiger partial charge in [-0.15, -0.1) is 0 Å². The van der Waals surface area contributed by atoms with Crippen molar-refractivity contribution in [3.8, 4) is 0 Å². The molecule has 2 atom stereocenters. The summed E-state index contributed by atoms with van der Waals surface area (Å²) < 4.78 is 0. The van der Waals surface area contributed by atoms with E-state index in [9.17, 15) is 9.90 Å². The molecule has 2 rings (SSSR count). The van der Waals surface area contributed by atoms with E-state index in [4.69, 9.17) is 0 Å². The maximum absolute atomic E-state index is 11.2. The number of nitrogens with one attached hydrogen (secondary N) is 1. The van der Waals surface area contributed by atoms with Crippen molar-refractivity contribution in [1.29, 1.82) is 0 Å². The van der Waals surface area contributed by atoms with E-state index in [1.807, 2.05) is 26.0 Å². The van der Waals surface area contributed by atoms with E-state index in [0.717, 1.165) is 6.42 Å². The fourth-order valence-corrected chi connectivity index (χ4v) is 2.47. The largest absolute Gasteiger partial charge is 0.480 e. The summed E-state index contributed by atoms with van der Waals surface area (Å²) in [7, 11) is 0. The molecule has 0 saturated heterocycles. The van der Waals surface area contributed by atoms with Crippen LogP contribution in [0.1, 0.15) is 43.9 Å². The SMILES string of the molecule is CCC[C@H](N[C@@H]1C(C)=Cc2ccccc21)C(=O)O. The maximum Gasteiger partial charge on any atom is 0.320 e. The first-order valence-corrected chi connectivity index (χ1v) is 6.39. The normalized spacial score (nSPS) is 19.2. The van der Waals surface area contributed by atoms with E-state index in [2.05, 4.69) is 23.5 Å². The van der Waals surface area contributed by atoms with Crippen LogP contribution in [-0.2, 0) is 4.79 Å². The topological polar surface area (TPSA) is 49.3 Å². The van der Waals surface area contributed by atoms with Gasteiger partial charge in [-0.1, -0.05) is 49.3 Å². The molecule has 1 aliphatic carbocycles. The van der Waals surface area contributed by atoms with Gasteiger partial charge in [-0.3, -0.25) is 10.1 Å². The van der Waals surface area contributed by atoms with Crippen molar-refractivity contribution in [3.63, 3.8) is 0 Å². The van der Waals surface area contributed by atoms with Gasteiger partial charge in [0.25, 0.3) is 0 Å². The van der Waals surface area contributed by atoms with Gasteiger partial charge in [-0.25, -0.2) is 0 Å². The molecule has 0 unspecified atom stereocenters. The lowest BCUT2D eigenvalue weighted by atomic mass is 10.0. The Labute approximate surface area is 108 Å². The molecule has 3 nitrogen and oxygen atoms in total. The summed E-state index contributed by atoms with van der Waals surface area (Å²) >= 11 is 0. The van der Waals surface area contributed by atoms with E-state index >= 15 is 0 Å². The van der Waals surface area contributed by atoms with Crippen molar-refractivity contribution in [2.45, 2.75) is 38.8 Å². The van der Waals surface area contributed by atoms with Gasteiger partial charge in [0, 0.05) is 0 Å².